The molecule has 28 rings (SSSR count). The van der Waals surface area contributed by atoms with Crippen LogP contribution in [0.1, 0.15) is 322 Å². The first kappa shape index (κ1) is 110. The van der Waals surface area contributed by atoms with Gasteiger partial charge in [0.15, 0.2) is 0 Å². The van der Waals surface area contributed by atoms with Crippen molar-refractivity contribution in [2.75, 3.05) is 192 Å². The van der Waals surface area contributed by atoms with Gasteiger partial charge in [-0.3, -0.25) is 0 Å². The minimum absolute atomic E-state index is 0.250. The zero-order valence-corrected chi connectivity index (χ0v) is 90.0. The number of ether oxygens (including phenoxy) is 18. The van der Waals surface area contributed by atoms with Gasteiger partial charge in [-0.1, -0.05) is 87.1 Å². The Hall–Kier alpha value is -1.18. The summed E-state index contributed by atoms with van der Waals surface area (Å²) in [6.45, 7) is 59.0. The van der Waals surface area contributed by atoms with E-state index < -0.39 is 0 Å². The van der Waals surface area contributed by atoms with Gasteiger partial charge in [0, 0.05) is 78.7 Å². The van der Waals surface area contributed by atoms with Crippen molar-refractivity contribution in [1.29, 1.82) is 0 Å². The van der Waals surface area contributed by atoms with Crippen LogP contribution in [0.2, 0.25) is 0 Å². The second-order valence-electron chi connectivity index (χ2n) is 51.4. The number of epoxide rings is 3. The maximum atomic E-state index is 7.57. The predicted octanol–water partition coefficient (Wildman–Crippen LogP) is 23.5. The van der Waals surface area contributed by atoms with E-state index in [4.69, 9.17) is 85.6 Å². The molecular weight excluding hydrogens is 1720 g/mol. The van der Waals surface area contributed by atoms with E-state index in [0.29, 0.717) is 80.6 Å². The van der Waals surface area contributed by atoms with Crippen molar-refractivity contribution in [1.82, 2.24) is 0 Å². The number of aliphatic hydroxyl groups is 1. The van der Waals surface area contributed by atoms with E-state index in [0.717, 1.165) is 232 Å². The zero-order chi connectivity index (χ0) is 96.4. The molecule has 19 nitrogen and oxygen atoms in total. The van der Waals surface area contributed by atoms with Crippen LogP contribution < -0.4 is 0 Å². The Morgan fingerprint density at radius 1 is 0.299 bits per heavy atom. The Kier molecular flexibility index (Phi) is 41.6. The Bertz CT molecular complexity index is 3080. The number of fused-ring (bicyclic) bond motifs is 34. The highest BCUT2D eigenvalue weighted by Crippen LogP contribution is 2.68. The predicted molar refractivity (Wildman–Crippen MR) is 542 cm³/mol. The average molecular weight is 1930 g/mol. The van der Waals surface area contributed by atoms with Crippen molar-refractivity contribution in [3.63, 3.8) is 0 Å². The molecule has 12 bridgehead atoms. The van der Waals surface area contributed by atoms with E-state index in [-0.39, 0.29) is 6.61 Å². The molecule has 19 aliphatic carbocycles. The lowest BCUT2D eigenvalue weighted by atomic mass is 9.71. The Morgan fingerprint density at radius 3 is 0.810 bits per heavy atom. The topological polar surface area (TPSA) is 196 Å². The second-order valence-corrected chi connectivity index (χ2v) is 51.4. The fraction of sp³-hybridized carbons (Fsp3) is 0.983. The number of hydrogen-bond donors (Lipinski definition) is 1. The summed E-state index contributed by atoms with van der Waals surface area (Å²) in [4.78, 5) is 0. The molecule has 137 heavy (non-hydrogen) atoms. The van der Waals surface area contributed by atoms with Gasteiger partial charge in [0.05, 0.1) is 188 Å². The number of hydrogen-bond acceptors (Lipinski definition) is 19. The molecule has 9 heterocycles. The SMILES string of the molecule is C1CC2C3CCC(C3)C2C1.C1CC2C3CCC(C3)C2C1.C1CC2C3CCC(C3)C2C1.C1CC2C3CCC(C3)C2C1.C=COCC.CC1(COC2CC3CC2C2C3CC3OC32)COC1.CCC1(COC2CC3CC2C2C3CC3OC32)COC1.CCO.CCOCC1(C)CCC1.CCOCC1(C)COC1.CCOCC1(C)COC1.CCOCC1(C)COC1.CCOCC1(C)COC1.CCOCC1CO1. The van der Waals surface area contributed by atoms with Crippen LogP contribution in [0.15, 0.2) is 12.8 Å². The van der Waals surface area contributed by atoms with Crippen LogP contribution >= 0.6 is 0 Å². The molecule has 28 aliphatic rings. The lowest BCUT2D eigenvalue weighted by Gasteiger charge is -2.42. The van der Waals surface area contributed by atoms with Gasteiger partial charge >= 0.3 is 0 Å². The molecule has 0 spiro atoms. The first-order valence-corrected chi connectivity index (χ1v) is 58.3. The van der Waals surface area contributed by atoms with Crippen molar-refractivity contribution < 1.29 is 90.4 Å². The fourth-order valence-corrected chi connectivity index (χ4v) is 32.2. The van der Waals surface area contributed by atoms with Crippen LogP contribution in [-0.4, -0.2) is 239 Å². The highest BCUT2D eigenvalue weighted by Gasteiger charge is 2.69. The Balaban J connectivity index is 0.000000114. The van der Waals surface area contributed by atoms with E-state index in [9.17, 15) is 0 Å². The van der Waals surface area contributed by atoms with Gasteiger partial charge in [-0.05, 0) is 389 Å². The molecule has 0 aromatic rings. The molecule has 1 N–H and O–H groups in total. The van der Waals surface area contributed by atoms with E-state index >= 15 is 0 Å². The summed E-state index contributed by atoms with van der Waals surface area (Å²) in [7, 11) is 0. The smallest absolute Gasteiger partial charge is 0.104 e. The number of aliphatic hydroxyl groups excluding tert-OH is 1. The first-order chi connectivity index (χ1) is 66.4. The Morgan fingerprint density at radius 2 is 0.584 bits per heavy atom. The third kappa shape index (κ3) is 28.7. The molecule has 31 unspecified atom stereocenters. The third-order valence-electron chi connectivity index (χ3n) is 40.1. The molecule has 28 fully saturated rings. The quantitative estimate of drug-likeness (QED) is 0.0601. The van der Waals surface area contributed by atoms with E-state index in [1.807, 2.05) is 41.5 Å². The normalized spacial score (nSPS) is 41.6. The third-order valence-corrected chi connectivity index (χ3v) is 40.1. The van der Waals surface area contributed by atoms with Gasteiger partial charge in [-0.15, -0.1) is 0 Å². The van der Waals surface area contributed by atoms with Crippen LogP contribution in [0.25, 0.3) is 0 Å². The second kappa shape index (κ2) is 51.8. The van der Waals surface area contributed by atoms with Gasteiger partial charge in [0.25, 0.3) is 0 Å². The summed E-state index contributed by atoms with van der Waals surface area (Å²) in [5.41, 5.74) is 2.51. The standard InChI is InChI=1S/C16H24O3.C15H22O3.4C10H16.C8H16O.4C7H14O2.C5H10O2.C4H8O.C2H6O/c1-2-16(6-17-7-16)8-18-12-4-9-3-11(12)14-10(9)5-13-15(14)19-13;1-15(5-16-6-15)7-17-11-3-8-2-10(11)13-9(8)4-12-14(13)18-12;4*1-2-9-7-4-5-8(6-7)10(9)3-1;1-3-9-7-8(2)5-4-6-8;4*1-3-8-4-7(2)5-9-6-7;1-2-6-3-5-4-7-5;1-3-5-4-2;1-2-3/h9-15H,2-8H2,1H3;8-14H,2-7H2,1H3;4*7-10H,1-6H2;3-7H2,1-2H3;4*3-6H2,1-2H3;5H,2-4H2,1H3;3H,1,4H2,2H3;3H,2H2,1H3. The molecular formula is C118H206O19. The summed E-state index contributed by atoms with van der Waals surface area (Å²) in [6.07, 6.45) is 57.1. The van der Waals surface area contributed by atoms with E-state index in [1.54, 1.807) is 161 Å². The minimum atomic E-state index is 0.250. The molecule has 19 heteroatoms. The van der Waals surface area contributed by atoms with Gasteiger partial charge in [0.2, 0.25) is 0 Å². The van der Waals surface area contributed by atoms with Crippen molar-refractivity contribution in [3.05, 3.63) is 12.8 Å². The van der Waals surface area contributed by atoms with E-state index in [2.05, 4.69) is 66.7 Å². The van der Waals surface area contributed by atoms with Gasteiger partial charge in [-0.2, -0.15) is 0 Å². The van der Waals surface area contributed by atoms with Crippen molar-refractivity contribution in [2.45, 2.75) is 365 Å². The fourth-order valence-electron chi connectivity index (χ4n) is 32.2. The molecule has 792 valence electrons. The number of rotatable bonds is 27. The summed E-state index contributed by atoms with van der Waals surface area (Å²) in [6, 6.07) is 0. The maximum Gasteiger partial charge on any atom is 0.104 e. The maximum absolute atomic E-state index is 7.57. The average Bonchev–Trinajstić information content (AvgIpc) is 1.54. The lowest BCUT2D eigenvalue weighted by molar-refractivity contribution is -0.168. The molecule has 0 aromatic carbocycles. The van der Waals surface area contributed by atoms with Crippen molar-refractivity contribution in [2.24, 2.45) is 180 Å². The lowest BCUT2D eigenvalue weighted by Crippen LogP contribution is -2.47. The largest absolute Gasteiger partial charge is 0.502 e. The first-order valence-electron chi connectivity index (χ1n) is 58.3. The van der Waals surface area contributed by atoms with Crippen LogP contribution in [-0.2, 0) is 85.3 Å². The molecule has 0 aromatic heterocycles. The van der Waals surface area contributed by atoms with Crippen LogP contribution in [0.3, 0.4) is 0 Å². The molecule has 0 radical (unpaired) electrons. The highest BCUT2D eigenvalue weighted by atomic mass is 16.6. The van der Waals surface area contributed by atoms with E-state index in [1.165, 1.54) is 165 Å². The minimum Gasteiger partial charge on any atom is -0.502 e. The van der Waals surface area contributed by atoms with Gasteiger partial charge < -0.3 is 90.4 Å². The van der Waals surface area contributed by atoms with Gasteiger partial charge in [0.1, 0.15) is 6.10 Å². The molecule has 9 aliphatic heterocycles. The Labute approximate surface area is 834 Å². The van der Waals surface area contributed by atoms with Crippen LogP contribution in [0.5, 0.6) is 0 Å². The summed E-state index contributed by atoms with van der Waals surface area (Å²) in [5, 5.41) is 7.57. The van der Waals surface area contributed by atoms with Crippen molar-refractivity contribution in [3.8, 4) is 0 Å². The zero-order valence-electron chi connectivity index (χ0n) is 90.0. The molecule has 31 atom stereocenters. The highest BCUT2D eigenvalue weighted by molar-refractivity contribution is 5.17. The van der Waals surface area contributed by atoms with Crippen molar-refractivity contribution >= 4 is 0 Å². The van der Waals surface area contributed by atoms with Crippen LogP contribution in [0.4, 0.5) is 0 Å². The molecule has 19 saturated carbocycles. The molecule has 9 saturated heterocycles. The summed E-state index contributed by atoms with van der Waals surface area (Å²) >= 11 is 0. The van der Waals surface area contributed by atoms with Crippen LogP contribution in [0, 0.1) is 180 Å². The summed E-state index contributed by atoms with van der Waals surface area (Å²) < 4.78 is 96.0. The monoisotopic (exact) mass is 1930 g/mol. The molecule has 0 amide bonds. The van der Waals surface area contributed by atoms with Gasteiger partial charge in [-0.25, -0.2) is 0 Å². The summed E-state index contributed by atoms with van der Waals surface area (Å²) in [5.74, 6) is 26.4.